The molecule has 4 aromatic carbocycles. The van der Waals surface area contributed by atoms with Crippen LogP contribution in [0.1, 0.15) is 176 Å². The Hall–Kier alpha value is -14.7. The number of carbonyl (C=O) groups excluding carboxylic acids is 17. The van der Waals surface area contributed by atoms with Crippen LogP contribution in [-0.4, -0.2) is 285 Å². The molecule has 0 saturated carbocycles. The van der Waals surface area contributed by atoms with Gasteiger partial charge in [0.25, 0.3) is 0 Å². The third kappa shape index (κ3) is 37.9. The van der Waals surface area contributed by atoms with Crippen LogP contribution in [0.15, 0.2) is 91.1 Å². The van der Waals surface area contributed by atoms with Gasteiger partial charge in [0.05, 0.1) is 57.6 Å². The number of aromatic nitrogens is 1. The number of primary amides is 1. The van der Waals surface area contributed by atoms with E-state index in [1.54, 1.807) is 36.5 Å². The van der Waals surface area contributed by atoms with Crippen LogP contribution in [0.2, 0.25) is 0 Å². The number of nitrogen functional groups attached to an aromatic ring is 1. The van der Waals surface area contributed by atoms with Crippen LogP contribution in [0.5, 0.6) is 0 Å². The van der Waals surface area contributed by atoms with E-state index in [0.29, 0.717) is 52.8 Å². The fourth-order valence-corrected chi connectivity index (χ4v) is 15.4. The predicted molar refractivity (Wildman–Crippen MR) is 501 cm³/mol. The number of esters is 1. The number of cyclic esters (lactones) is 1. The maximum atomic E-state index is 15.1. The molecule has 25 N–H and O–H groups in total. The van der Waals surface area contributed by atoms with Crippen molar-refractivity contribution in [3.05, 3.63) is 108 Å². The largest absolute Gasteiger partial charge is 0.481 e. The first-order valence-corrected chi connectivity index (χ1v) is 46.0. The Balaban J connectivity index is 1.38. The van der Waals surface area contributed by atoms with Crippen LogP contribution in [0, 0.1) is 11.3 Å². The number of benzene rings is 4. The molecule has 1 saturated heterocycles. The lowest BCUT2D eigenvalue weighted by Gasteiger charge is -2.30. The molecule has 14 amide bonds. The van der Waals surface area contributed by atoms with E-state index < -0.39 is 261 Å². The van der Waals surface area contributed by atoms with Gasteiger partial charge in [-0.25, -0.2) is 4.79 Å². The van der Waals surface area contributed by atoms with E-state index in [4.69, 9.17) is 21.6 Å². The van der Waals surface area contributed by atoms with Gasteiger partial charge in [0.15, 0.2) is 11.6 Å². The lowest BCUT2D eigenvalue weighted by Crippen LogP contribution is -2.62. The molecule has 0 bridgehead atoms. The fraction of sp³-hybridized carbons (Fsp3) is 0.495. The zero-order valence-corrected chi connectivity index (χ0v) is 78.1. The van der Waals surface area contributed by atoms with Gasteiger partial charge < -0.3 is 126 Å². The van der Waals surface area contributed by atoms with Crippen molar-refractivity contribution < 1.29 is 131 Å². The highest BCUT2D eigenvalue weighted by Crippen LogP contribution is 2.26. The van der Waals surface area contributed by atoms with Gasteiger partial charge in [-0.1, -0.05) is 101 Å². The van der Waals surface area contributed by atoms with E-state index >= 15 is 14.4 Å². The van der Waals surface area contributed by atoms with Crippen LogP contribution in [-0.2, 0) is 102 Å². The number of aliphatic carboxylic acids is 4. The molecular weight excluding hydrogens is 1820 g/mol. The summed E-state index contributed by atoms with van der Waals surface area (Å²) in [6.07, 6.45) is -1.88. The molecule has 1 aromatic heterocycles. The minimum Gasteiger partial charge on any atom is -0.481 e. The molecular formula is C91H123N19O27S. The van der Waals surface area contributed by atoms with Crippen molar-refractivity contribution in [2.24, 2.45) is 11.7 Å². The standard InChI is InChI=1S/C91H123N19O27S/c1-7-8-9-10-11-12-13-26-72(115)101-61(38-54-44-96-59-23-17-15-20-56(54)59)85(130)104-62(40-71(94)114)86(131)106-65(43-78(124)125)87(132)109-80-50(4)137-91(136)66(39-69(113)57-21-14-16-22-58(57)92)107-90(135)79(48(2)35-75(118)119)108-88(133)67(47-111)102-74(117)45-97-82(127)63(41-76(120)121)103-81(126)49(3)99-84(129)64(42-77(122)123)105-83(128)60(100-73(116)46-98-89(80)134)24-18-32-95-70(93)25-19-33-138-34-31-68(112)53-28-27-52-37-55(110(5)6)30-29-51(52)36-53/h14-17,20-23,27-30,36-37,44,48-50,60-67,79-80,96,111H,7-13,18-19,24-26,31-35,38-43,45-47,92H2,1-6H3,(H2,93,95)(H2,94,114)(H,97,127)(H,98,134)(H,99,129)(H,100,116)(H,101,115)(H,102,117)(H,103,126)(H,104,130)(H,105,128)(H,106,131)(H,107,135)(H,108,133)(H,109,132)(H,118,119)(H,120,121)(H,122,123)(H,124,125)/t48-,49+,50+,60-,61-,62+,63-,64-,65-,66-,67+,79-,80-/m0/s1. The molecule has 2 heterocycles. The van der Waals surface area contributed by atoms with Gasteiger partial charge >= 0.3 is 29.8 Å². The summed E-state index contributed by atoms with van der Waals surface area (Å²) < 4.78 is 5.76. The number of H-pyrrole nitrogens is 1. The summed E-state index contributed by atoms with van der Waals surface area (Å²) in [6, 6.07) is 0.386. The highest BCUT2D eigenvalue weighted by Gasteiger charge is 2.42. The summed E-state index contributed by atoms with van der Waals surface area (Å²) in [5, 5.41) is 93.2. The van der Waals surface area contributed by atoms with Crippen molar-refractivity contribution in [2.45, 2.75) is 229 Å². The van der Waals surface area contributed by atoms with Crippen LogP contribution >= 0.6 is 11.8 Å². The number of nitrogens with two attached hydrogens (primary N) is 2. The van der Waals surface area contributed by atoms with E-state index in [0.717, 1.165) is 69.3 Å². The van der Waals surface area contributed by atoms with Crippen molar-refractivity contribution in [3.8, 4) is 0 Å². The number of hydrogen-bond acceptors (Lipinski definition) is 27. The minimum absolute atomic E-state index is 0.00411. The molecule has 0 unspecified atom stereocenters. The van der Waals surface area contributed by atoms with Gasteiger partial charge in [-0.2, -0.15) is 11.8 Å². The summed E-state index contributed by atoms with van der Waals surface area (Å²) in [4.78, 5) is 296. The number of thioether (sulfide) groups is 1. The molecule has 1 aliphatic rings. The smallest absolute Gasteiger partial charge is 0.329 e. The van der Waals surface area contributed by atoms with E-state index in [1.807, 2.05) is 60.0 Å². The number of hydrogen-bond donors (Lipinski definition) is 23. The number of aromatic amines is 1. The quantitative estimate of drug-likeness (QED) is 0.00555. The van der Waals surface area contributed by atoms with Crippen molar-refractivity contribution in [3.63, 3.8) is 0 Å². The van der Waals surface area contributed by atoms with Crippen LogP contribution in [0.3, 0.4) is 0 Å². The maximum absolute atomic E-state index is 15.1. The highest BCUT2D eigenvalue weighted by atomic mass is 32.2. The number of carbonyl (C=O) groups is 21. The second-order valence-electron chi connectivity index (χ2n) is 33.4. The number of ether oxygens (including phenoxy) is 1. The molecule has 1 aliphatic heterocycles. The number of para-hydroxylation sites is 2. The van der Waals surface area contributed by atoms with E-state index in [2.05, 4.69) is 75.7 Å². The number of ketones is 2. The lowest BCUT2D eigenvalue weighted by molar-refractivity contribution is -0.156. The second-order valence-corrected chi connectivity index (χ2v) is 34.6. The summed E-state index contributed by atoms with van der Waals surface area (Å²) in [5.74, 6) is -29.2. The zero-order valence-electron chi connectivity index (χ0n) is 77.3. The number of Topliss-reactive ketones (excluding diaryl/α,β-unsaturated/α-hetero) is 2. The molecule has 0 radical (unpaired) electrons. The van der Waals surface area contributed by atoms with Gasteiger partial charge in [0.2, 0.25) is 82.7 Å². The first-order chi connectivity index (χ1) is 65.4. The molecule has 46 nitrogen and oxygen atoms in total. The van der Waals surface area contributed by atoms with Crippen molar-refractivity contribution in [1.82, 2.24) is 79.4 Å². The number of aliphatic hydroxyl groups excluding tert-OH is 1. The topological polar surface area (TPSA) is 732 Å². The fourth-order valence-electron chi connectivity index (χ4n) is 14.5. The van der Waals surface area contributed by atoms with Crippen molar-refractivity contribution >= 4 is 175 Å². The number of fused-ring (bicyclic) bond motifs is 2. The van der Waals surface area contributed by atoms with Crippen molar-refractivity contribution in [1.29, 1.82) is 5.41 Å². The van der Waals surface area contributed by atoms with E-state index in [1.165, 1.54) is 36.0 Å². The summed E-state index contributed by atoms with van der Waals surface area (Å²) in [5.41, 5.74) is 14.0. The average Bonchev–Trinajstić information content (AvgIpc) is 1.58. The third-order valence-corrected chi connectivity index (χ3v) is 23.1. The Labute approximate surface area is 797 Å². The lowest BCUT2D eigenvalue weighted by atomic mass is 9.96. The average molecular weight is 1950 g/mol. The van der Waals surface area contributed by atoms with Crippen LogP contribution in [0.4, 0.5) is 11.4 Å². The van der Waals surface area contributed by atoms with Crippen LogP contribution in [0.25, 0.3) is 21.7 Å². The Morgan fingerprint density at radius 1 is 0.551 bits per heavy atom. The highest BCUT2D eigenvalue weighted by molar-refractivity contribution is 7.99. The number of carboxylic acid groups (broad SMARTS) is 4. The van der Waals surface area contributed by atoms with Gasteiger partial charge in [0.1, 0.15) is 72.6 Å². The second kappa shape index (κ2) is 56.6. The number of aliphatic hydroxyl groups is 1. The first-order valence-electron chi connectivity index (χ1n) is 44.9. The molecule has 0 aliphatic carbocycles. The summed E-state index contributed by atoms with van der Waals surface area (Å²) in [7, 11) is 3.84. The van der Waals surface area contributed by atoms with E-state index in [9.17, 15) is 112 Å². The summed E-state index contributed by atoms with van der Waals surface area (Å²) in [6.45, 7) is 1.09. The Bertz CT molecular complexity index is 5240. The number of amidine groups is 1. The molecule has 750 valence electrons. The normalized spacial score (nSPS) is 19.5. The third-order valence-electron chi connectivity index (χ3n) is 22.0. The number of nitrogens with one attached hydrogen (secondary N) is 16. The molecule has 6 rings (SSSR count). The molecule has 47 heteroatoms. The summed E-state index contributed by atoms with van der Waals surface area (Å²) >= 11 is 1.48. The number of anilines is 2. The van der Waals surface area contributed by atoms with Gasteiger partial charge in [0, 0.05) is 98.1 Å². The SMILES string of the molecule is CCCCCCCCCC(=O)N[C@@H](Cc1c[nH]c2ccccc12)C(=O)N[C@H](CC(N)=O)C(=O)N[C@@H](CC(=O)O)C(=O)N[C@@H]1C(=O)NCC(=O)N[C@@H](CCCNC(=N)CCCSCCC(=O)c2ccc3cc(N(C)C)ccc3c2)C(=O)N[C@@H](CC(=O)O)C(=O)N[C@H](C)C(=O)N[C@@H](CC(=O)O)C(=O)NCC(=O)N[C@H](CO)C(=O)N[C@@H]([C@@H](C)CC(=O)O)C(=O)N[C@@H](CC(=O)c2ccccc2N)C(=O)O[C@@H]1C. The first kappa shape index (κ1) is 112. The zero-order chi connectivity index (χ0) is 102. The molecule has 138 heavy (non-hydrogen) atoms. The van der Waals surface area contributed by atoms with Gasteiger partial charge in [-0.3, -0.25) is 101 Å². The number of carboxylic acids is 4. The molecule has 0 spiro atoms. The molecule has 1 fully saturated rings. The number of rotatable bonds is 45. The van der Waals surface area contributed by atoms with Crippen molar-refractivity contribution in [2.75, 3.05) is 62.5 Å². The maximum Gasteiger partial charge on any atom is 0.329 e. The Morgan fingerprint density at radius 3 is 1.78 bits per heavy atom. The van der Waals surface area contributed by atoms with Crippen LogP contribution < -0.4 is 90.8 Å². The number of unbranched alkanes of at least 4 members (excludes halogenated alkanes) is 6. The van der Waals surface area contributed by atoms with Gasteiger partial charge in [-0.05, 0) is 104 Å². The van der Waals surface area contributed by atoms with E-state index in [-0.39, 0.29) is 61.5 Å². The van der Waals surface area contributed by atoms with Gasteiger partial charge in [-0.15, -0.1) is 0 Å². The monoisotopic (exact) mass is 1950 g/mol. The minimum atomic E-state index is -2.49. The molecule has 13 atom stereocenters. The molecule has 5 aromatic rings. The Morgan fingerprint density at radius 2 is 1.13 bits per heavy atom. The predicted octanol–water partition coefficient (Wildman–Crippen LogP) is -1.01. The number of amides is 14. The number of nitrogens with zero attached hydrogens (tertiary/aromatic N) is 1. The Kier molecular flexibility index (Phi) is 46.0.